The maximum Gasteiger partial charge on any atom is 0.00219 e. The van der Waals surface area contributed by atoms with E-state index in [0.29, 0.717) is 0 Å². The largest absolute Gasteiger partial charge is 0.316 e. The number of nitrogens with one attached hydrogen (secondary N) is 1. The van der Waals surface area contributed by atoms with Gasteiger partial charge in [0.1, 0.15) is 0 Å². The van der Waals surface area contributed by atoms with Gasteiger partial charge >= 0.3 is 0 Å². The van der Waals surface area contributed by atoms with Gasteiger partial charge < -0.3 is 10.2 Å². The lowest BCUT2D eigenvalue weighted by Gasteiger charge is -2.29. The molecule has 0 spiro atoms. The molecule has 2 fully saturated rings. The van der Waals surface area contributed by atoms with Crippen molar-refractivity contribution in [2.75, 3.05) is 33.2 Å². The molecule has 2 aliphatic rings. The van der Waals surface area contributed by atoms with Crippen LogP contribution in [-0.4, -0.2) is 38.1 Å². The van der Waals surface area contributed by atoms with E-state index in [-0.39, 0.29) is 0 Å². The van der Waals surface area contributed by atoms with Gasteiger partial charge in [0.25, 0.3) is 0 Å². The molecule has 16 heavy (non-hydrogen) atoms. The van der Waals surface area contributed by atoms with Gasteiger partial charge in [0, 0.05) is 13.1 Å². The van der Waals surface area contributed by atoms with Crippen LogP contribution in [0.3, 0.4) is 0 Å². The minimum absolute atomic E-state index is 0.869. The molecule has 1 aliphatic carbocycles. The van der Waals surface area contributed by atoms with Crippen LogP contribution in [0.15, 0.2) is 0 Å². The summed E-state index contributed by atoms with van der Waals surface area (Å²) in [6.45, 7) is 7.48. The first-order valence-electron chi connectivity index (χ1n) is 7.15. The molecular formula is C14H28N2. The molecule has 2 rings (SSSR count). The summed E-state index contributed by atoms with van der Waals surface area (Å²) in [5, 5.41) is 3.50. The van der Waals surface area contributed by atoms with Crippen LogP contribution < -0.4 is 5.32 Å². The summed E-state index contributed by atoms with van der Waals surface area (Å²) in [6, 6.07) is 0. The van der Waals surface area contributed by atoms with E-state index in [0.717, 1.165) is 17.8 Å². The first-order valence-corrected chi connectivity index (χ1v) is 7.15. The molecule has 0 aromatic heterocycles. The lowest BCUT2D eigenvalue weighted by Crippen LogP contribution is -2.33. The lowest BCUT2D eigenvalue weighted by atomic mass is 9.88. The van der Waals surface area contributed by atoms with Crippen LogP contribution in [0.1, 0.15) is 39.0 Å². The number of rotatable bonds is 4. The highest BCUT2D eigenvalue weighted by atomic mass is 15.1. The third-order valence-corrected chi connectivity index (χ3v) is 4.52. The van der Waals surface area contributed by atoms with Crippen molar-refractivity contribution < 1.29 is 0 Å². The highest BCUT2D eigenvalue weighted by Crippen LogP contribution is 2.25. The van der Waals surface area contributed by atoms with Gasteiger partial charge in [-0.2, -0.15) is 0 Å². The Hall–Kier alpha value is -0.0800. The van der Waals surface area contributed by atoms with Crippen molar-refractivity contribution in [3.8, 4) is 0 Å². The molecule has 0 aromatic carbocycles. The molecule has 1 aliphatic heterocycles. The molecule has 2 nitrogen and oxygen atoms in total. The Labute approximate surface area is 101 Å². The Morgan fingerprint density at radius 2 is 1.81 bits per heavy atom. The molecule has 0 radical (unpaired) electrons. The molecular weight excluding hydrogens is 196 g/mol. The van der Waals surface area contributed by atoms with Crippen LogP contribution in [0, 0.1) is 17.8 Å². The molecule has 2 unspecified atom stereocenters. The number of nitrogens with zero attached hydrogens (tertiary/aromatic N) is 1. The van der Waals surface area contributed by atoms with Crippen molar-refractivity contribution >= 4 is 0 Å². The normalized spacial score (nSPS) is 32.4. The molecule has 1 heterocycles. The average molecular weight is 224 g/mol. The van der Waals surface area contributed by atoms with E-state index >= 15 is 0 Å². The standard InChI is InChI=1S/C14H28N2/c1-12-8-15-9-14(12)11-16(2)10-13-6-4-3-5-7-13/h12-15H,3-11H2,1-2H3. The summed E-state index contributed by atoms with van der Waals surface area (Å²) in [7, 11) is 2.32. The van der Waals surface area contributed by atoms with E-state index < -0.39 is 0 Å². The lowest BCUT2D eigenvalue weighted by molar-refractivity contribution is 0.200. The number of hydrogen-bond donors (Lipinski definition) is 1. The molecule has 1 saturated heterocycles. The Morgan fingerprint density at radius 1 is 1.06 bits per heavy atom. The second-order valence-electron chi connectivity index (χ2n) is 6.12. The monoisotopic (exact) mass is 224 g/mol. The molecule has 1 N–H and O–H groups in total. The first-order chi connectivity index (χ1) is 7.75. The maximum absolute atomic E-state index is 3.50. The molecule has 0 amide bonds. The van der Waals surface area contributed by atoms with Crippen molar-refractivity contribution in [2.24, 2.45) is 17.8 Å². The summed E-state index contributed by atoms with van der Waals surface area (Å²) in [6.07, 6.45) is 7.37. The fraction of sp³-hybridized carbons (Fsp3) is 1.00. The van der Waals surface area contributed by atoms with Gasteiger partial charge in [-0.15, -0.1) is 0 Å². The summed E-state index contributed by atoms with van der Waals surface area (Å²) in [5.41, 5.74) is 0. The van der Waals surface area contributed by atoms with Crippen molar-refractivity contribution in [3.05, 3.63) is 0 Å². The van der Waals surface area contributed by atoms with Gasteiger partial charge in [-0.05, 0) is 50.7 Å². The van der Waals surface area contributed by atoms with Gasteiger partial charge in [0.15, 0.2) is 0 Å². The maximum atomic E-state index is 3.50. The van der Waals surface area contributed by atoms with Gasteiger partial charge in [0.05, 0.1) is 0 Å². The first kappa shape index (κ1) is 12.4. The highest BCUT2D eigenvalue weighted by molar-refractivity contribution is 4.80. The minimum Gasteiger partial charge on any atom is -0.316 e. The average Bonchev–Trinajstić information content (AvgIpc) is 2.66. The summed E-state index contributed by atoms with van der Waals surface area (Å²) < 4.78 is 0. The Morgan fingerprint density at radius 3 is 2.44 bits per heavy atom. The Balaban J connectivity index is 1.68. The molecule has 2 heteroatoms. The molecule has 0 bridgehead atoms. The second kappa shape index (κ2) is 6.02. The van der Waals surface area contributed by atoms with Crippen LogP contribution in [0.2, 0.25) is 0 Å². The smallest absolute Gasteiger partial charge is 0.00219 e. The summed E-state index contributed by atoms with van der Waals surface area (Å²) >= 11 is 0. The van der Waals surface area contributed by atoms with Gasteiger partial charge in [0.2, 0.25) is 0 Å². The molecule has 1 saturated carbocycles. The fourth-order valence-electron chi connectivity index (χ4n) is 3.39. The SMILES string of the molecule is CC1CNCC1CN(C)CC1CCCCC1. The van der Waals surface area contributed by atoms with Crippen LogP contribution in [0.4, 0.5) is 0 Å². The van der Waals surface area contributed by atoms with Gasteiger partial charge in [-0.3, -0.25) is 0 Å². The fourth-order valence-corrected chi connectivity index (χ4v) is 3.39. The van der Waals surface area contributed by atoms with Gasteiger partial charge in [-0.25, -0.2) is 0 Å². The topological polar surface area (TPSA) is 15.3 Å². The Bertz CT molecular complexity index is 199. The van der Waals surface area contributed by atoms with Crippen LogP contribution in [0.25, 0.3) is 0 Å². The van der Waals surface area contributed by atoms with Crippen LogP contribution >= 0.6 is 0 Å². The van der Waals surface area contributed by atoms with E-state index in [1.807, 2.05) is 0 Å². The number of hydrogen-bond acceptors (Lipinski definition) is 2. The molecule has 94 valence electrons. The van der Waals surface area contributed by atoms with Crippen molar-refractivity contribution in [2.45, 2.75) is 39.0 Å². The third kappa shape index (κ3) is 3.46. The zero-order valence-electron chi connectivity index (χ0n) is 11.0. The van der Waals surface area contributed by atoms with E-state index in [1.54, 1.807) is 0 Å². The second-order valence-corrected chi connectivity index (χ2v) is 6.12. The van der Waals surface area contributed by atoms with Crippen LogP contribution in [0.5, 0.6) is 0 Å². The predicted molar refractivity (Wildman–Crippen MR) is 69.6 cm³/mol. The van der Waals surface area contributed by atoms with E-state index in [4.69, 9.17) is 0 Å². The molecule has 0 aromatic rings. The third-order valence-electron chi connectivity index (χ3n) is 4.52. The summed E-state index contributed by atoms with van der Waals surface area (Å²) in [5.74, 6) is 2.74. The van der Waals surface area contributed by atoms with Crippen molar-refractivity contribution in [3.63, 3.8) is 0 Å². The quantitative estimate of drug-likeness (QED) is 0.788. The Kier molecular flexibility index (Phi) is 4.66. The van der Waals surface area contributed by atoms with E-state index in [1.165, 1.54) is 58.3 Å². The summed E-state index contributed by atoms with van der Waals surface area (Å²) in [4.78, 5) is 2.59. The van der Waals surface area contributed by atoms with Gasteiger partial charge in [-0.1, -0.05) is 26.2 Å². The van der Waals surface area contributed by atoms with E-state index in [9.17, 15) is 0 Å². The zero-order chi connectivity index (χ0) is 11.4. The predicted octanol–water partition coefficient (Wildman–Crippen LogP) is 2.35. The van der Waals surface area contributed by atoms with Crippen LogP contribution in [-0.2, 0) is 0 Å². The minimum atomic E-state index is 0.869. The molecule has 2 atom stereocenters. The van der Waals surface area contributed by atoms with Crippen molar-refractivity contribution in [1.29, 1.82) is 0 Å². The zero-order valence-corrected chi connectivity index (χ0v) is 11.0. The van der Waals surface area contributed by atoms with E-state index in [2.05, 4.69) is 24.2 Å². The highest BCUT2D eigenvalue weighted by Gasteiger charge is 2.25. The van der Waals surface area contributed by atoms with Crippen molar-refractivity contribution in [1.82, 2.24) is 10.2 Å².